The number of carbonyl (C=O) groups excluding carboxylic acids is 3. The lowest BCUT2D eigenvalue weighted by Gasteiger charge is -2.50. The van der Waals surface area contributed by atoms with Crippen LogP contribution in [0.4, 0.5) is 13.2 Å². The van der Waals surface area contributed by atoms with E-state index in [0.717, 1.165) is 6.07 Å². The average molecular weight is 596 g/mol. The van der Waals surface area contributed by atoms with Crippen LogP contribution in [0.25, 0.3) is 0 Å². The van der Waals surface area contributed by atoms with E-state index in [0.29, 0.717) is 0 Å². The fraction of sp³-hybridized carbons (Fsp3) is 0.552. The predicted molar refractivity (Wildman–Crippen MR) is 144 cm³/mol. The summed E-state index contributed by atoms with van der Waals surface area (Å²) in [5, 5.41) is 47.7. The van der Waals surface area contributed by atoms with Crippen LogP contribution in [0.5, 0.6) is 5.75 Å². The van der Waals surface area contributed by atoms with E-state index >= 15 is 0 Å². The average Bonchev–Trinajstić information content (AvgIpc) is 2.82. The number of amides is 1. The van der Waals surface area contributed by atoms with Crippen LogP contribution in [0.1, 0.15) is 61.2 Å². The molecule has 0 aliphatic heterocycles. The van der Waals surface area contributed by atoms with Gasteiger partial charge in [0.2, 0.25) is 5.78 Å². The second-order valence-corrected chi connectivity index (χ2v) is 12.7. The van der Waals surface area contributed by atoms with Gasteiger partial charge in [-0.3, -0.25) is 19.3 Å². The number of aliphatic hydroxyl groups excluding tert-OH is 2. The van der Waals surface area contributed by atoms with Gasteiger partial charge in [0.05, 0.1) is 17.2 Å². The number of likely N-dealkylation sites (N-methyl/N-ethyl adjacent to an activating group) is 1. The third-order valence-electron chi connectivity index (χ3n) is 8.99. The van der Waals surface area contributed by atoms with Gasteiger partial charge in [0.1, 0.15) is 22.8 Å². The van der Waals surface area contributed by atoms with Crippen molar-refractivity contribution < 1.29 is 48.0 Å². The van der Waals surface area contributed by atoms with Crippen LogP contribution in [0.3, 0.4) is 0 Å². The molecule has 7 N–H and O–H groups in total. The Morgan fingerprint density at radius 3 is 2.29 bits per heavy atom. The Labute approximate surface area is 240 Å². The van der Waals surface area contributed by atoms with Gasteiger partial charge in [0, 0.05) is 24.1 Å². The SMILES string of the molecule is C[C@@H](NCc1cc(O)c2c(c1C(F)(F)F)C[C@H]1C[C@H]3[C@H](N(C)C)C(O)=C(C(N)=O)C(=O)[C@@]3(O)C(O)=C1C2=O)C(C)(C)C. The number of nitrogens with zero attached hydrogens (tertiary/aromatic N) is 1. The van der Waals surface area contributed by atoms with Crippen molar-refractivity contribution >= 4 is 17.5 Å². The van der Waals surface area contributed by atoms with E-state index in [4.69, 9.17) is 5.73 Å². The van der Waals surface area contributed by atoms with Gasteiger partial charge < -0.3 is 31.5 Å². The minimum absolute atomic E-state index is 0.210. The normalized spacial score (nSPS) is 27.2. The largest absolute Gasteiger partial charge is 0.510 e. The van der Waals surface area contributed by atoms with Crippen LogP contribution in [-0.2, 0) is 28.7 Å². The lowest BCUT2D eigenvalue weighted by molar-refractivity contribution is -0.148. The summed E-state index contributed by atoms with van der Waals surface area (Å²) in [4.78, 5) is 40.5. The van der Waals surface area contributed by atoms with E-state index in [9.17, 15) is 48.0 Å². The van der Waals surface area contributed by atoms with Crippen LogP contribution < -0.4 is 11.1 Å². The van der Waals surface area contributed by atoms with Gasteiger partial charge in [0.25, 0.3) is 5.91 Å². The van der Waals surface area contributed by atoms with Gasteiger partial charge in [-0.1, -0.05) is 20.8 Å². The molecule has 10 nitrogen and oxygen atoms in total. The molecule has 0 unspecified atom stereocenters. The van der Waals surface area contributed by atoms with Gasteiger partial charge in [-0.25, -0.2) is 0 Å². The number of nitrogens with one attached hydrogen (secondary N) is 1. The molecule has 0 heterocycles. The number of halogens is 3. The number of nitrogens with two attached hydrogens (primary N) is 1. The first-order valence-corrected chi connectivity index (χ1v) is 13.5. The Hall–Kier alpha value is -3.42. The molecule has 3 aliphatic rings. The number of benzene rings is 1. The first-order chi connectivity index (χ1) is 19.1. The van der Waals surface area contributed by atoms with E-state index in [-0.39, 0.29) is 30.0 Å². The Kier molecular flexibility index (Phi) is 7.57. The zero-order chi connectivity index (χ0) is 31.9. The third kappa shape index (κ3) is 4.67. The fourth-order valence-corrected chi connectivity index (χ4v) is 6.45. The summed E-state index contributed by atoms with van der Waals surface area (Å²) in [6.07, 6.45) is -5.68. The minimum atomic E-state index is -4.91. The molecule has 0 bridgehead atoms. The molecule has 1 aromatic carbocycles. The summed E-state index contributed by atoms with van der Waals surface area (Å²) >= 11 is 0. The smallest absolute Gasteiger partial charge is 0.417 e. The quantitative estimate of drug-likeness (QED) is 0.280. The topological polar surface area (TPSA) is 173 Å². The number of fused-ring (bicyclic) bond motifs is 3. The third-order valence-corrected chi connectivity index (χ3v) is 8.99. The summed E-state index contributed by atoms with van der Waals surface area (Å²) in [6, 6.07) is -0.598. The molecular formula is C29H36F3N3O7. The maximum absolute atomic E-state index is 14.6. The van der Waals surface area contributed by atoms with E-state index < -0.39 is 98.7 Å². The number of hydrogen-bond donors (Lipinski definition) is 6. The Bertz CT molecular complexity index is 1440. The zero-order valence-electron chi connectivity index (χ0n) is 24.2. The van der Waals surface area contributed by atoms with Gasteiger partial charge in [-0.2, -0.15) is 13.2 Å². The number of aromatic hydroxyl groups is 1. The zero-order valence-corrected chi connectivity index (χ0v) is 24.2. The molecule has 0 saturated heterocycles. The predicted octanol–water partition coefficient (Wildman–Crippen LogP) is 2.66. The molecule has 0 radical (unpaired) electrons. The van der Waals surface area contributed by atoms with E-state index in [1.54, 1.807) is 0 Å². The summed E-state index contributed by atoms with van der Waals surface area (Å²) in [7, 11) is 2.93. The number of hydrogen-bond acceptors (Lipinski definition) is 9. The van der Waals surface area contributed by atoms with Crippen molar-refractivity contribution in [2.45, 2.75) is 70.9 Å². The fourth-order valence-electron chi connectivity index (χ4n) is 6.45. The van der Waals surface area contributed by atoms with E-state index in [1.807, 2.05) is 27.7 Å². The Morgan fingerprint density at radius 2 is 1.79 bits per heavy atom. The maximum Gasteiger partial charge on any atom is 0.417 e. The number of ketones is 2. The number of aliphatic hydroxyl groups is 3. The number of allylic oxidation sites excluding steroid dienone is 1. The molecule has 230 valence electrons. The number of alkyl halides is 3. The minimum Gasteiger partial charge on any atom is -0.510 e. The van der Waals surface area contributed by atoms with Crippen molar-refractivity contribution in [2.75, 3.05) is 14.1 Å². The highest BCUT2D eigenvalue weighted by molar-refractivity contribution is 6.24. The molecule has 4 rings (SSSR count). The van der Waals surface area contributed by atoms with Crippen LogP contribution >= 0.6 is 0 Å². The van der Waals surface area contributed by atoms with E-state index in [1.165, 1.54) is 19.0 Å². The summed E-state index contributed by atoms with van der Waals surface area (Å²) in [6.45, 7) is 7.31. The standard InChI is InChI=1S/C29H36F3N3O7/c1-11(27(2,3)4)34-10-13-9-16(36)18-14(20(13)29(30,31)32)7-12-8-15-21(35(5)6)23(38)19(26(33)41)25(40)28(15,42)24(39)17(12)22(18)37/h9,11-12,15,21,34,36,38-39,42H,7-8,10H2,1-6H3,(H2,33,41)/t11-,12+,15+,21+,28+/m1/s1. The molecule has 0 spiro atoms. The van der Waals surface area contributed by atoms with Crippen molar-refractivity contribution in [1.82, 2.24) is 10.2 Å². The summed E-state index contributed by atoms with van der Waals surface area (Å²) in [5.41, 5.74) is -1.84. The molecular weight excluding hydrogens is 559 g/mol. The second-order valence-electron chi connectivity index (χ2n) is 12.7. The van der Waals surface area contributed by atoms with Gasteiger partial charge in [0.15, 0.2) is 11.4 Å². The highest BCUT2D eigenvalue weighted by atomic mass is 19.4. The van der Waals surface area contributed by atoms with Gasteiger partial charge in [-0.15, -0.1) is 0 Å². The van der Waals surface area contributed by atoms with Crippen LogP contribution in [0.2, 0.25) is 0 Å². The highest BCUT2D eigenvalue weighted by Crippen LogP contribution is 2.53. The number of phenols is 1. The molecule has 13 heteroatoms. The monoisotopic (exact) mass is 595 g/mol. The molecule has 5 atom stereocenters. The van der Waals surface area contributed by atoms with Gasteiger partial charge in [-0.05, 0) is 62.4 Å². The second kappa shape index (κ2) is 10.1. The molecule has 0 fully saturated rings. The van der Waals surface area contributed by atoms with Crippen molar-refractivity contribution in [3.8, 4) is 5.75 Å². The van der Waals surface area contributed by atoms with Crippen LogP contribution in [0, 0.1) is 17.3 Å². The molecule has 42 heavy (non-hydrogen) atoms. The number of phenolic OH excluding ortho intramolecular Hbond substituents is 1. The Morgan fingerprint density at radius 1 is 1.19 bits per heavy atom. The molecule has 1 amide bonds. The Balaban J connectivity index is 1.92. The number of primary amides is 1. The van der Waals surface area contributed by atoms with Gasteiger partial charge >= 0.3 is 6.18 Å². The number of Topliss-reactive ketones (excluding diaryl/α,β-unsaturated/α-hetero) is 2. The van der Waals surface area contributed by atoms with Crippen molar-refractivity contribution in [3.63, 3.8) is 0 Å². The lowest BCUT2D eigenvalue weighted by atomic mass is 9.58. The lowest BCUT2D eigenvalue weighted by Crippen LogP contribution is -2.63. The molecule has 0 saturated carbocycles. The number of carbonyl (C=O) groups is 3. The first kappa shape index (κ1) is 31.5. The molecule has 3 aliphatic carbocycles. The van der Waals surface area contributed by atoms with Crippen LogP contribution in [0.15, 0.2) is 28.7 Å². The maximum atomic E-state index is 14.6. The van der Waals surface area contributed by atoms with E-state index in [2.05, 4.69) is 5.32 Å². The van der Waals surface area contributed by atoms with Crippen molar-refractivity contribution in [2.24, 2.45) is 23.0 Å². The molecule has 1 aromatic rings. The summed E-state index contributed by atoms with van der Waals surface area (Å²) < 4.78 is 43.8. The molecule has 0 aromatic heterocycles. The highest BCUT2D eigenvalue weighted by Gasteiger charge is 2.63. The van der Waals surface area contributed by atoms with Crippen molar-refractivity contribution in [3.05, 3.63) is 51.0 Å². The first-order valence-electron chi connectivity index (χ1n) is 13.5. The number of rotatable bonds is 5. The van der Waals surface area contributed by atoms with Crippen LogP contribution in [-0.4, -0.2) is 74.6 Å². The van der Waals surface area contributed by atoms with Crippen molar-refractivity contribution in [1.29, 1.82) is 0 Å². The summed E-state index contributed by atoms with van der Waals surface area (Å²) in [5.74, 6) is -9.08.